The van der Waals surface area contributed by atoms with Crippen molar-refractivity contribution in [2.24, 2.45) is 5.73 Å². The van der Waals surface area contributed by atoms with Crippen LogP contribution in [0.4, 0.5) is 4.79 Å². The molecule has 3 atom stereocenters. The summed E-state index contributed by atoms with van der Waals surface area (Å²) in [5.41, 5.74) is 6.14. The van der Waals surface area contributed by atoms with Crippen LogP contribution in [0, 0.1) is 6.92 Å². The predicted molar refractivity (Wildman–Crippen MR) is 140 cm³/mol. The van der Waals surface area contributed by atoms with Gasteiger partial charge in [0.1, 0.15) is 17.7 Å². The number of primary amides is 1. The largest absolute Gasteiger partial charge is 0.444 e. The normalized spacial score (nSPS) is 13.8. The lowest BCUT2D eigenvalue weighted by Gasteiger charge is -2.38. The van der Waals surface area contributed by atoms with Crippen molar-refractivity contribution in [1.82, 2.24) is 15.5 Å². The first kappa shape index (κ1) is 30.9. The third-order valence-corrected chi connectivity index (χ3v) is 5.83. The Kier molecular flexibility index (Phi) is 12.4. The highest BCUT2D eigenvalue weighted by molar-refractivity contribution is 5.92. The van der Waals surface area contributed by atoms with E-state index in [1.54, 1.807) is 20.8 Å². The molecule has 0 saturated carbocycles. The van der Waals surface area contributed by atoms with E-state index < -0.39 is 35.6 Å². The molecule has 9 nitrogen and oxygen atoms in total. The molecule has 1 aromatic carbocycles. The van der Waals surface area contributed by atoms with Crippen molar-refractivity contribution < 1.29 is 23.9 Å². The lowest BCUT2D eigenvalue weighted by molar-refractivity contribution is -0.145. The van der Waals surface area contributed by atoms with Gasteiger partial charge >= 0.3 is 6.09 Å². The van der Waals surface area contributed by atoms with Crippen molar-refractivity contribution in [3.8, 4) is 0 Å². The fraction of sp³-hybridized carbons (Fsp3) is 0.630. The first-order valence-corrected chi connectivity index (χ1v) is 12.8. The SMILES string of the molecule is CCCCNC(=O)C(c1ccccc1C)N(C(=O)C(CCC(N)=O)NC(=O)OC(C)(C)C)C(C)CC. The monoisotopic (exact) mass is 504 g/mol. The summed E-state index contributed by atoms with van der Waals surface area (Å²) in [7, 11) is 0. The highest BCUT2D eigenvalue weighted by atomic mass is 16.6. The van der Waals surface area contributed by atoms with Gasteiger partial charge in [-0.2, -0.15) is 0 Å². The number of ether oxygens (including phenoxy) is 1. The number of amides is 4. The molecule has 202 valence electrons. The van der Waals surface area contributed by atoms with Crippen molar-refractivity contribution >= 4 is 23.8 Å². The van der Waals surface area contributed by atoms with E-state index in [1.165, 1.54) is 4.90 Å². The molecule has 9 heteroatoms. The van der Waals surface area contributed by atoms with Crippen molar-refractivity contribution in [2.45, 2.75) is 104 Å². The van der Waals surface area contributed by atoms with Gasteiger partial charge in [-0.05, 0) is 65.0 Å². The summed E-state index contributed by atoms with van der Waals surface area (Å²) in [6.07, 6.45) is 1.39. The van der Waals surface area contributed by atoms with Gasteiger partial charge in [0.25, 0.3) is 0 Å². The summed E-state index contributed by atoms with van der Waals surface area (Å²) in [5.74, 6) is -1.37. The molecule has 0 bridgehead atoms. The second-order valence-electron chi connectivity index (χ2n) is 10.1. The Balaban J connectivity index is 3.51. The summed E-state index contributed by atoms with van der Waals surface area (Å²) >= 11 is 0. The van der Waals surface area contributed by atoms with Gasteiger partial charge in [-0.15, -0.1) is 0 Å². The molecule has 0 aliphatic heterocycles. The molecule has 0 heterocycles. The third kappa shape index (κ3) is 9.87. The molecule has 0 fully saturated rings. The second-order valence-corrected chi connectivity index (χ2v) is 10.1. The average Bonchev–Trinajstić information content (AvgIpc) is 2.78. The molecule has 0 aromatic heterocycles. The van der Waals surface area contributed by atoms with Crippen molar-refractivity contribution in [3.63, 3.8) is 0 Å². The topological polar surface area (TPSA) is 131 Å². The summed E-state index contributed by atoms with van der Waals surface area (Å²) < 4.78 is 5.35. The van der Waals surface area contributed by atoms with E-state index in [-0.39, 0.29) is 24.8 Å². The lowest BCUT2D eigenvalue weighted by atomic mass is 9.95. The zero-order valence-electron chi connectivity index (χ0n) is 22.8. The van der Waals surface area contributed by atoms with Crippen molar-refractivity contribution in [3.05, 3.63) is 35.4 Å². The van der Waals surface area contributed by atoms with E-state index in [0.29, 0.717) is 18.5 Å². The predicted octanol–water partition coefficient (Wildman–Crippen LogP) is 3.74. The van der Waals surface area contributed by atoms with Gasteiger partial charge in [-0.25, -0.2) is 4.79 Å². The average molecular weight is 505 g/mol. The molecular weight excluding hydrogens is 460 g/mol. The number of carbonyl (C=O) groups is 4. The molecule has 36 heavy (non-hydrogen) atoms. The highest BCUT2D eigenvalue weighted by Gasteiger charge is 2.38. The number of hydrogen-bond acceptors (Lipinski definition) is 5. The zero-order valence-corrected chi connectivity index (χ0v) is 22.8. The number of carbonyl (C=O) groups excluding carboxylic acids is 4. The van der Waals surface area contributed by atoms with E-state index >= 15 is 0 Å². The number of nitrogens with zero attached hydrogens (tertiary/aromatic N) is 1. The maximum Gasteiger partial charge on any atom is 0.408 e. The van der Waals surface area contributed by atoms with Crippen LogP contribution in [-0.2, 0) is 19.1 Å². The number of aryl methyl sites for hydroxylation is 1. The number of unbranched alkanes of at least 4 members (excludes halogenated alkanes) is 1. The maximum absolute atomic E-state index is 14.0. The fourth-order valence-corrected chi connectivity index (χ4v) is 3.77. The molecule has 0 aliphatic rings. The van der Waals surface area contributed by atoms with E-state index in [9.17, 15) is 19.2 Å². The van der Waals surface area contributed by atoms with Gasteiger partial charge < -0.3 is 26.0 Å². The fourth-order valence-electron chi connectivity index (χ4n) is 3.77. The van der Waals surface area contributed by atoms with Crippen LogP contribution in [0.2, 0.25) is 0 Å². The van der Waals surface area contributed by atoms with Gasteiger partial charge in [-0.3, -0.25) is 14.4 Å². The van der Waals surface area contributed by atoms with Gasteiger partial charge in [-0.1, -0.05) is 44.5 Å². The second kappa shape index (κ2) is 14.5. The molecule has 3 unspecified atom stereocenters. The molecule has 0 aliphatic carbocycles. The number of alkyl carbamates (subject to hydrolysis) is 1. The molecule has 1 rings (SSSR count). The lowest BCUT2D eigenvalue weighted by Crippen LogP contribution is -2.55. The van der Waals surface area contributed by atoms with Gasteiger partial charge in [0.2, 0.25) is 17.7 Å². The summed E-state index contributed by atoms with van der Waals surface area (Å²) in [5, 5.41) is 5.57. The van der Waals surface area contributed by atoms with Crippen LogP contribution >= 0.6 is 0 Å². The standard InChI is InChI=1S/C27H44N4O5/c1-8-10-17-29-24(33)23(20-14-12-11-13-18(20)3)31(19(4)9-2)25(34)21(15-16-22(28)32)30-26(35)36-27(5,6)7/h11-14,19,21,23H,8-10,15-17H2,1-7H3,(H2,28,32)(H,29,33)(H,30,35). The summed E-state index contributed by atoms with van der Waals surface area (Å²) in [6.45, 7) is 13.3. The molecule has 0 saturated heterocycles. The third-order valence-electron chi connectivity index (χ3n) is 5.83. The molecule has 4 N–H and O–H groups in total. The van der Waals surface area contributed by atoms with Gasteiger partial charge in [0.15, 0.2) is 0 Å². The number of benzene rings is 1. The Hall–Kier alpha value is -3.10. The Labute approximate surface area is 215 Å². The molecule has 0 radical (unpaired) electrons. The van der Waals surface area contributed by atoms with Gasteiger partial charge in [0.05, 0.1) is 0 Å². The first-order valence-electron chi connectivity index (χ1n) is 12.8. The van der Waals surface area contributed by atoms with Crippen molar-refractivity contribution in [2.75, 3.05) is 6.54 Å². The van der Waals surface area contributed by atoms with E-state index in [1.807, 2.05) is 52.0 Å². The minimum Gasteiger partial charge on any atom is -0.444 e. The molecule has 4 amide bonds. The van der Waals surface area contributed by atoms with E-state index in [2.05, 4.69) is 10.6 Å². The minimum absolute atomic E-state index is 0.0156. The van der Waals surface area contributed by atoms with E-state index in [4.69, 9.17) is 10.5 Å². The highest BCUT2D eigenvalue weighted by Crippen LogP contribution is 2.29. The summed E-state index contributed by atoms with van der Waals surface area (Å²) in [6, 6.07) is 5.08. The number of rotatable bonds is 13. The van der Waals surface area contributed by atoms with Crippen LogP contribution in [0.25, 0.3) is 0 Å². The number of nitrogens with two attached hydrogens (primary N) is 1. The number of nitrogens with one attached hydrogen (secondary N) is 2. The Morgan fingerprint density at radius 2 is 1.75 bits per heavy atom. The van der Waals surface area contributed by atoms with Crippen molar-refractivity contribution in [1.29, 1.82) is 0 Å². The van der Waals surface area contributed by atoms with Crippen LogP contribution in [0.5, 0.6) is 0 Å². The summed E-state index contributed by atoms with van der Waals surface area (Å²) in [4.78, 5) is 53.2. The van der Waals surface area contributed by atoms with Crippen LogP contribution in [0.1, 0.15) is 90.8 Å². The Morgan fingerprint density at radius 1 is 1.11 bits per heavy atom. The maximum atomic E-state index is 14.0. The first-order chi connectivity index (χ1) is 16.8. The quantitative estimate of drug-likeness (QED) is 0.352. The molecule has 1 aromatic rings. The minimum atomic E-state index is -1.10. The Bertz CT molecular complexity index is 896. The van der Waals surface area contributed by atoms with Crippen LogP contribution in [0.3, 0.4) is 0 Å². The Morgan fingerprint density at radius 3 is 2.28 bits per heavy atom. The molecule has 0 spiro atoms. The number of hydrogen-bond donors (Lipinski definition) is 3. The molecular formula is C27H44N4O5. The zero-order chi connectivity index (χ0) is 27.5. The smallest absolute Gasteiger partial charge is 0.408 e. The van der Waals surface area contributed by atoms with Gasteiger partial charge in [0, 0.05) is 19.0 Å². The van der Waals surface area contributed by atoms with Crippen LogP contribution in [-0.4, -0.2) is 52.9 Å². The van der Waals surface area contributed by atoms with E-state index in [0.717, 1.165) is 18.4 Å². The van der Waals surface area contributed by atoms with Crippen LogP contribution < -0.4 is 16.4 Å². The van der Waals surface area contributed by atoms with Crippen LogP contribution in [0.15, 0.2) is 24.3 Å².